The second kappa shape index (κ2) is 25.1. The van der Waals surface area contributed by atoms with Gasteiger partial charge in [0.15, 0.2) is 0 Å². The Bertz CT molecular complexity index is 1580. The van der Waals surface area contributed by atoms with Crippen molar-refractivity contribution in [2.24, 2.45) is 17.8 Å². The number of carbonyl (C=O) groups is 3. The van der Waals surface area contributed by atoms with Crippen LogP contribution < -0.4 is 0 Å². The molecule has 4 heteroatoms. The van der Waals surface area contributed by atoms with Crippen LogP contribution in [0.25, 0.3) is 0 Å². The van der Waals surface area contributed by atoms with E-state index in [9.17, 15) is 14.4 Å². The second-order valence-corrected chi connectivity index (χ2v) is 14.1. The SMILES string of the molecule is CC(=O)C(Cc1ccccc1)Cc1ccccc1.CC(=O)C(Cc1ccccc1)Cc1ccccc1.CC(=O)C(Cc1ccccc1)Cc1ccccc1.[Pd]. The van der Waals surface area contributed by atoms with Crippen LogP contribution in [-0.4, -0.2) is 17.3 Å². The number of ketones is 3. The molecular weight excluding hydrogens is 767 g/mol. The quantitative estimate of drug-likeness (QED) is 0.0970. The molecule has 0 spiro atoms. The van der Waals surface area contributed by atoms with Crippen molar-refractivity contribution in [1.29, 1.82) is 0 Å². The number of hydrogen-bond donors (Lipinski definition) is 0. The number of hydrogen-bond acceptors (Lipinski definition) is 3. The summed E-state index contributed by atoms with van der Waals surface area (Å²) in [6.45, 7) is 5.07. The maximum Gasteiger partial charge on any atom is 0.133 e. The molecule has 0 aromatic heterocycles. The summed E-state index contributed by atoms with van der Waals surface area (Å²) in [5.41, 5.74) is 7.38. The molecule has 6 rings (SSSR count). The maximum absolute atomic E-state index is 11.8. The van der Waals surface area contributed by atoms with Crippen molar-refractivity contribution in [3.05, 3.63) is 215 Å². The minimum atomic E-state index is 0. The third-order valence-electron chi connectivity index (χ3n) is 9.67. The van der Waals surface area contributed by atoms with Gasteiger partial charge in [-0.25, -0.2) is 0 Å². The molecule has 0 unspecified atom stereocenters. The minimum Gasteiger partial charge on any atom is -0.300 e. The Morgan fingerprint density at radius 3 is 0.527 bits per heavy atom. The van der Waals surface area contributed by atoms with Gasteiger partial charge in [-0.3, -0.25) is 14.4 Å². The summed E-state index contributed by atoms with van der Waals surface area (Å²) >= 11 is 0. The first-order chi connectivity index (χ1) is 26.3. The van der Waals surface area contributed by atoms with Gasteiger partial charge in [0.1, 0.15) is 17.3 Å². The van der Waals surface area contributed by atoms with Crippen LogP contribution >= 0.6 is 0 Å². The first-order valence-electron chi connectivity index (χ1n) is 19.0. The third kappa shape index (κ3) is 17.3. The summed E-state index contributed by atoms with van der Waals surface area (Å²) < 4.78 is 0. The van der Waals surface area contributed by atoms with Crippen LogP contribution in [0.5, 0.6) is 0 Å². The Kier molecular flexibility index (Phi) is 20.3. The molecule has 6 aromatic carbocycles. The fourth-order valence-corrected chi connectivity index (χ4v) is 6.47. The second-order valence-electron chi connectivity index (χ2n) is 14.1. The monoisotopic (exact) mass is 820 g/mol. The molecule has 0 amide bonds. The Balaban J connectivity index is 0.000000220. The van der Waals surface area contributed by atoms with E-state index in [0.29, 0.717) is 0 Å². The van der Waals surface area contributed by atoms with Gasteiger partial charge in [0, 0.05) is 38.2 Å². The summed E-state index contributed by atoms with van der Waals surface area (Å²) in [6, 6.07) is 61.3. The van der Waals surface area contributed by atoms with Crippen LogP contribution in [0.15, 0.2) is 182 Å². The topological polar surface area (TPSA) is 51.2 Å². The summed E-state index contributed by atoms with van der Waals surface area (Å²) in [5.74, 6) is 1.03. The maximum atomic E-state index is 11.8. The largest absolute Gasteiger partial charge is 0.300 e. The predicted molar refractivity (Wildman–Crippen MR) is 223 cm³/mol. The van der Waals surface area contributed by atoms with Crippen molar-refractivity contribution in [2.45, 2.75) is 59.3 Å². The van der Waals surface area contributed by atoms with E-state index in [-0.39, 0.29) is 55.5 Å². The molecule has 0 radical (unpaired) electrons. The summed E-state index contributed by atoms with van der Waals surface area (Å²) in [5, 5.41) is 0. The minimum absolute atomic E-state index is 0. The van der Waals surface area contributed by atoms with Gasteiger partial charge in [-0.2, -0.15) is 0 Å². The fourth-order valence-electron chi connectivity index (χ4n) is 6.47. The van der Waals surface area contributed by atoms with Crippen molar-refractivity contribution in [2.75, 3.05) is 0 Å². The van der Waals surface area contributed by atoms with Gasteiger partial charge in [0.2, 0.25) is 0 Å². The molecule has 0 aliphatic heterocycles. The van der Waals surface area contributed by atoms with Crippen molar-refractivity contribution in [3.8, 4) is 0 Å². The molecule has 0 heterocycles. The van der Waals surface area contributed by atoms with Crippen molar-refractivity contribution in [1.82, 2.24) is 0 Å². The van der Waals surface area contributed by atoms with E-state index in [4.69, 9.17) is 0 Å². The molecule has 0 fully saturated rings. The summed E-state index contributed by atoms with van der Waals surface area (Å²) in [4.78, 5) is 35.3. The average Bonchev–Trinajstić information content (AvgIpc) is 3.20. The van der Waals surface area contributed by atoms with Crippen LogP contribution in [0.1, 0.15) is 54.2 Å². The molecule has 0 saturated carbocycles. The van der Waals surface area contributed by atoms with E-state index in [1.54, 1.807) is 20.8 Å². The molecule has 0 N–H and O–H groups in total. The van der Waals surface area contributed by atoms with Crippen LogP contribution in [-0.2, 0) is 73.3 Å². The Hall–Kier alpha value is -5.01. The normalized spacial score (nSPS) is 10.4. The van der Waals surface area contributed by atoms with Gasteiger partial charge >= 0.3 is 0 Å². The number of Topliss-reactive ketones (excluding diaryl/α,β-unsaturated/α-hetero) is 3. The van der Waals surface area contributed by atoms with E-state index in [1.807, 2.05) is 109 Å². The molecular formula is C51H54O3Pd. The standard InChI is InChI=1S/3C17H18O.Pd/c3*1-14(18)17(12-15-8-4-2-5-9-15)13-16-10-6-3-7-11-16;/h3*2-11,17H,12-13H2,1H3;. The molecule has 0 saturated heterocycles. The zero-order valence-corrected chi connectivity index (χ0v) is 33.9. The van der Waals surface area contributed by atoms with E-state index in [1.165, 1.54) is 33.4 Å². The van der Waals surface area contributed by atoms with Gasteiger partial charge < -0.3 is 0 Å². The molecule has 0 aliphatic carbocycles. The zero-order valence-electron chi connectivity index (χ0n) is 32.3. The smallest absolute Gasteiger partial charge is 0.133 e. The zero-order chi connectivity index (χ0) is 38.4. The Labute approximate surface area is 342 Å². The number of carbonyl (C=O) groups excluding carboxylic acids is 3. The van der Waals surface area contributed by atoms with Gasteiger partial charge in [-0.1, -0.05) is 182 Å². The fraction of sp³-hybridized carbons (Fsp3) is 0.235. The van der Waals surface area contributed by atoms with Crippen molar-refractivity contribution >= 4 is 17.3 Å². The molecule has 55 heavy (non-hydrogen) atoms. The van der Waals surface area contributed by atoms with E-state index < -0.39 is 0 Å². The average molecular weight is 821 g/mol. The molecule has 286 valence electrons. The molecule has 0 atom stereocenters. The molecule has 6 aromatic rings. The van der Waals surface area contributed by atoms with Gasteiger partial charge in [0.05, 0.1) is 0 Å². The van der Waals surface area contributed by atoms with E-state index in [0.717, 1.165) is 38.5 Å². The van der Waals surface area contributed by atoms with Crippen LogP contribution in [0.4, 0.5) is 0 Å². The van der Waals surface area contributed by atoms with E-state index in [2.05, 4.69) is 72.8 Å². The summed E-state index contributed by atoms with van der Waals surface area (Å²) in [7, 11) is 0. The number of benzene rings is 6. The van der Waals surface area contributed by atoms with Gasteiger partial charge in [-0.15, -0.1) is 0 Å². The Morgan fingerprint density at radius 1 is 0.291 bits per heavy atom. The Morgan fingerprint density at radius 2 is 0.418 bits per heavy atom. The van der Waals surface area contributed by atoms with Gasteiger partial charge in [-0.05, 0) is 92.7 Å². The van der Waals surface area contributed by atoms with Crippen LogP contribution in [0, 0.1) is 17.8 Å². The van der Waals surface area contributed by atoms with Gasteiger partial charge in [0.25, 0.3) is 0 Å². The van der Waals surface area contributed by atoms with Crippen molar-refractivity contribution in [3.63, 3.8) is 0 Å². The molecule has 0 bridgehead atoms. The van der Waals surface area contributed by atoms with Crippen molar-refractivity contribution < 1.29 is 34.8 Å². The van der Waals surface area contributed by atoms with Crippen LogP contribution in [0.3, 0.4) is 0 Å². The first-order valence-corrected chi connectivity index (χ1v) is 19.0. The molecule has 3 nitrogen and oxygen atoms in total. The predicted octanol–water partition coefficient (Wildman–Crippen LogP) is 11.0. The number of rotatable bonds is 15. The summed E-state index contributed by atoms with van der Waals surface area (Å²) in [6.07, 6.45) is 4.95. The van der Waals surface area contributed by atoms with E-state index >= 15 is 0 Å². The van der Waals surface area contributed by atoms with Crippen LogP contribution in [0.2, 0.25) is 0 Å². The molecule has 0 aliphatic rings. The first kappa shape index (κ1) is 44.4. The third-order valence-corrected chi connectivity index (χ3v) is 9.67.